The van der Waals surface area contributed by atoms with Crippen LogP contribution in [0.15, 0.2) is 209 Å². The fraction of sp³-hybridized carbons (Fsp3) is 0. The summed E-state index contributed by atoms with van der Waals surface area (Å²) in [6.07, 6.45) is 0. The van der Waals surface area contributed by atoms with E-state index < -0.39 is 0 Å². The Kier molecular flexibility index (Phi) is 8.04. The topological polar surface area (TPSA) is 97.2 Å². The monoisotopic (exact) mass is 903 g/mol. The second kappa shape index (κ2) is 14.6. The lowest BCUT2D eigenvalue weighted by molar-refractivity contribution is 0.668. The average Bonchev–Trinajstić information content (AvgIpc) is 4.08. The fourth-order valence-electron chi connectivity index (χ4n) is 10.1. The summed E-state index contributed by atoms with van der Waals surface area (Å²) in [6.45, 7) is 0. The predicted octanol–water partition coefficient (Wildman–Crippen LogP) is 16.4. The smallest absolute Gasteiger partial charge is 0.255 e. The van der Waals surface area contributed by atoms with E-state index in [0.29, 0.717) is 27.6 Å². The molecule has 5 heterocycles. The summed E-state index contributed by atoms with van der Waals surface area (Å²) >= 11 is 1.52. The minimum atomic E-state index is 0.419. The van der Waals surface area contributed by atoms with Gasteiger partial charge < -0.3 is 8.83 Å². The number of rotatable bonds is 6. The molecule has 0 aliphatic carbocycles. The molecule has 10 aromatic carbocycles. The van der Waals surface area contributed by atoms with E-state index in [0.717, 1.165) is 92.9 Å². The molecule has 0 aliphatic heterocycles. The van der Waals surface area contributed by atoms with Crippen LogP contribution in [0.4, 0.5) is 34.5 Å². The molecule has 15 rings (SSSR count). The number of furan rings is 2. The van der Waals surface area contributed by atoms with Crippen molar-refractivity contribution in [2.45, 2.75) is 0 Å². The third-order valence-electron chi connectivity index (χ3n) is 13.4. The lowest BCUT2D eigenvalue weighted by atomic mass is 10.0. The van der Waals surface area contributed by atoms with Gasteiger partial charge in [-0.15, -0.1) is 31.7 Å². The molecule has 0 spiro atoms. The molecule has 10 heteroatoms. The second-order valence-electron chi connectivity index (χ2n) is 17.5. The molecular formula is C59H33N7O2S. The Labute approximate surface area is 395 Å². The van der Waals surface area contributed by atoms with Gasteiger partial charge in [-0.05, 0) is 128 Å². The first-order valence-electron chi connectivity index (χ1n) is 22.7. The van der Waals surface area contributed by atoms with Gasteiger partial charge in [0.05, 0.1) is 16.1 Å². The second-order valence-corrected chi connectivity index (χ2v) is 18.5. The Morgan fingerprint density at radius 3 is 1.38 bits per heavy atom. The van der Waals surface area contributed by atoms with E-state index >= 15 is 0 Å². The lowest BCUT2D eigenvalue weighted by Gasteiger charge is -2.24. The maximum absolute atomic E-state index is 6.42. The van der Waals surface area contributed by atoms with Gasteiger partial charge in [-0.2, -0.15) is 4.98 Å². The van der Waals surface area contributed by atoms with Crippen molar-refractivity contribution >= 4 is 153 Å². The molecule has 0 bridgehead atoms. The van der Waals surface area contributed by atoms with Crippen LogP contribution < -0.4 is 9.80 Å². The first-order chi connectivity index (χ1) is 34.1. The Morgan fingerprint density at radius 1 is 0.333 bits per heavy atom. The van der Waals surface area contributed by atoms with E-state index in [1.54, 1.807) is 0 Å². The van der Waals surface area contributed by atoms with Crippen molar-refractivity contribution in [3.05, 3.63) is 200 Å². The molecule has 0 aliphatic rings. The van der Waals surface area contributed by atoms with Gasteiger partial charge in [0.15, 0.2) is 16.2 Å². The van der Waals surface area contributed by atoms with Crippen molar-refractivity contribution in [3.8, 4) is 0 Å². The molecule has 0 fully saturated rings. The number of thiophene rings is 1. The summed E-state index contributed by atoms with van der Waals surface area (Å²) in [5.41, 5.74) is 8.01. The van der Waals surface area contributed by atoms with Crippen LogP contribution in [-0.2, 0) is 0 Å². The zero-order valence-corrected chi connectivity index (χ0v) is 37.2. The molecule has 0 atom stereocenters. The highest BCUT2D eigenvalue weighted by atomic mass is 32.1. The summed E-state index contributed by atoms with van der Waals surface area (Å²) < 4.78 is 13.7. The molecule has 0 N–H and O–H groups in total. The number of benzene rings is 10. The molecule has 0 unspecified atom stereocenters. The van der Waals surface area contributed by atoms with Crippen molar-refractivity contribution in [2.75, 3.05) is 9.80 Å². The Hall–Kier alpha value is -9.25. The van der Waals surface area contributed by atoms with Crippen molar-refractivity contribution < 1.29 is 8.83 Å². The van der Waals surface area contributed by atoms with Crippen LogP contribution in [0.25, 0.3) is 108 Å². The molecule has 0 saturated heterocycles. The van der Waals surface area contributed by atoms with Crippen LogP contribution in [0.3, 0.4) is 0 Å². The van der Waals surface area contributed by atoms with E-state index in [9.17, 15) is 0 Å². The van der Waals surface area contributed by atoms with Crippen molar-refractivity contribution in [3.63, 3.8) is 0 Å². The Morgan fingerprint density at radius 2 is 0.783 bits per heavy atom. The number of fused-ring (bicyclic) bond motifs is 13. The molecule has 9 nitrogen and oxygen atoms in total. The molecule has 0 radical (unpaired) electrons. The highest BCUT2D eigenvalue weighted by molar-refractivity contribution is 7.25. The van der Waals surface area contributed by atoms with Crippen LogP contribution in [0.5, 0.6) is 0 Å². The Bertz CT molecular complexity index is 4320. The van der Waals surface area contributed by atoms with Crippen LogP contribution >= 0.6 is 11.3 Å². The third-order valence-corrected chi connectivity index (χ3v) is 14.4. The third kappa shape index (κ3) is 6.06. The largest absolute Gasteiger partial charge is 0.456 e. The SMILES string of the molecule is c1ccc2cc3cc(N(c4ccc5c(c4)oc4ccccc45)c4cc5sc6nc(N(c7ccc8cc9ccccc9cc8c7)c7ccc8c(c7)oc7ccccc78)nnc6c5nn4)ccc3cc2c1. The molecule has 322 valence electrons. The van der Waals surface area contributed by atoms with E-state index in [4.69, 9.17) is 34.2 Å². The van der Waals surface area contributed by atoms with Gasteiger partial charge in [0.2, 0.25) is 0 Å². The average molecular weight is 904 g/mol. The zero-order valence-electron chi connectivity index (χ0n) is 36.4. The predicted molar refractivity (Wildman–Crippen MR) is 282 cm³/mol. The number of nitrogens with zero attached hydrogens (tertiary/aromatic N) is 7. The molecule has 0 saturated carbocycles. The minimum Gasteiger partial charge on any atom is -0.456 e. The first-order valence-corrected chi connectivity index (χ1v) is 23.5. The maximum atomic E-state index is 6.42. The van der Waals surface area contributed by atoms with Crippen LogP contribution in [0, 0.1) is 0 Å². The van der Waals surface area contributed by atoms with Gasteiger partial charge in [0, 0.05) is 51.1 Å². The van der Waals surface area contributed by atoms with Gasteiger partial charge in [-0.25, -0.2) is 0 Å². The van der Waals surface area contributed by atoms with Gasteiger partial charge in [0.1, 0.15) is 27.8 Å². The molecule has 5 aromatic heterocycles. The quantitative estimate of drug-likeness (QED) is 0.151. The number of para-hydroxylation sites is 2. The standard InChI is InChI=1S/C59H33N7O2S/c1-3-11-36-27-40-29-42(19-17-38(40)25-34(36)9-1)65(44-21-23-48-46-13-5-7-15-50(46)67-52(48)31-44)55-33-54-56(62-61-55)57-58(69-54)60-59(64-63-57)66(45-22-24-49-47-14-6-8-16-51(47)68-53(49)32-45)43-20-18-39-26-35-10-2-4-12-37(35)28-41(39)30-43/h1-33H. The minimum absolute atomic E-state index is 0.419. The van der Waals surface area contributed by atoms with Crippen LogP contribution in [0.1, 0.15) is 0 Å². The molecule has 15 aromatic rings. The highest BCUT2D eigenvalue weighted by Gasteiger charge is 2.24. The summed E-state index contributed by atoms with van der Waals surface area (Å²) in [5, 5.41) is 33.0. The van der Waals surface area contributed by atoms with Crippen LogP contribution in [-0.4, -0.2) is 25.4 Å². The van der Waals surface area contributed by atoms with Gasteiger partial charge in [-0.1, -0.05) is 97.1 Å². The molecular weight excluding hydrogens is 871 g/mol. The van der Waals surface area contributed by atoms with Crippen molar-refractivity contribution in [1.82, 2.24) is 25.4 Å². The number of hydrogen-bond acceptors (Lipinski definition) is 10. The summed E-state index contributed by atoms with van der Waals surface area (Å²) in [5.74, 6) is 1.06. The normalized spacial score (nSPS) is 12.1. The number of hydrogen-bond donors (Lipinski definition) is 0. The summed E-state index contributed by atoms with van der Waals surface area (Å²) in [4.78, 5) is 10.2. The maximum Gasteiger partial charge on any atom is 0.255 e. The van der Waals surface area contributed by atoms with Crippen molar-refractivity contribution in [1.29, 1.82) is 0 Å². The zero-order chi connectivity index (χ0) is 45.2. The van der Waals surface area contributed by atoms with Gasteiger partial charge in [-0.3, -0.25) is 9.80 Å². The van der Waals surface area contributed by atoms with E-state index in [-0.39, 0.29) is 0 Å². The highest BCUT2D eigenvalue weighted by Crippen LogP contribution is 2.43. The fourth-order valence-corrected chi connectivity index (χ4v) is 11.0. The van der Waals surface area contributed by atoms with Gasteiger partial charge in [0.25, 0.3) is 5.95 Å². The van der Waals surface area contributed by atoms with E-state index in [1.165, 1.54) is 32.9 Å². The van der Waals surface area contributed by atoms with Crippen LogP contribution in [0.2, 0.25) is 0 Å². The lowest BCUT2D eigenvalue weighted by Crippen LogP contribution is -2.14. The van der Waals surface area contributed by atoms with E-state index in [1.807, 2.05) is 41.3 Å². The van der Waals surface area contributed by atoms with Gasteiger partial charge >= 0.3 is 0 Å². The van der Waals surface area contributed by atoms with Crippen molar-refractivity contribution in [2.24, 2.45) is 0 Å². The number of anilines is 6. The molecule has 69 heavy (non-hydrogen) atoms. The molecule has 0 amide bonds. The summed E-state index contributed by atoms with van der Waals surface area (Å²) in [7, 11) is 0. The summed E-state index contributed by atoms with van der Waals surface area (Å²) in [6, 6.07) is 69.8. The Balaban J connectivity index is 0.887. The number of aromatic nitrogens is 5. The first kappa shape index (κ1) is 37.9. The van der Waals surface area contributed by atoms with E-state index in [2.05, 4.69) is 169 Å².